The lowest BCUT2D eigenvalue weighted by atomic mass is 9.79. The lowest BCUT2D eigenvalue weighted by Gasteiger charge is -2.32. The van der Waals surface area contributed by atoms with Gasteiger partial charge in [0.2, 0.25) is 0 Å². The van der Waals surface area contributed by atoms with E-state index in [1.807, 2.05) is 25.1 Å². The Morgan fingerprint density at radius 2 is 1.95 bits per heavy atom. The van der Waals surface area contributed by atoms with Crippen LogP contribution in [0.1, 0.15) is 46.5 Å². The van der Waals surface area contributed by atoms with E-state index in [1.54, 1.807) is 0 Å². The predicted molar refractivity (Wildman–Crippen MR) is 86.8 cm³/mol. The highest BCUT2D eigenvalue weighted by Crippen LogP contribution is 2.34. The maximum absolute atomic E-state index is 6.10. The quantitative estimate of drug-likeness (QED) is 0.789. The van der Waals surface area contributed by atoms with Crippen LogP contribution in [-0.4, -0.2) is 12.6 Å². The third-order valence-corrected chi connectivity index (χ3v) is 4.55. The molecule has 1 N–H and O–H groups in total. The second-order valence-electron chi connectivity index (χ2n) is 6.07. The molecule has 1 fully saturated rings. The third kappa shape index (κ3) is 4.05. The van der Waals surface area contributed by atoms with Crippen LogP contribution in [0.25, 0.3) is 0 Å². The third-order valence-electron chi connectivity index (χ3n) is 4.32. The number of hydrogen-bond donors (Lipinski definition) is 1. The van der Waals surface area contributed by atoms with Gasteiger partial charge in [-0.3, -0.25) is 0 Å². The summed E-state index contributed by atoms with van der Waals surface area (Å²) in [6.07, 6.45) is 5.11. The molecule has 1 aliphatic rings. The van der Waals surface area contributed by atoms with Crippen molar-refractivity contribution in [3.05, 3.63) is 23.2 Å². The molecule has 1 aliphatic carbocycles. The van der Waals surface area contributed by atoms with Crippen molar-refractivity contribution in [1.82, 2.24) is 0 Å². The minimum atomic E-state index is 0.544. The predicted octanol–water partition coefficient (Wildman–Crippen LogP) is 5.37. The van der Waals surface area contributed by atoms with Crippen molar-refractivity contribution in [2.75, 3.05) is 11.9 Å². The second-order valence-corrected chi connectivity index (χ2v) is 6.51. The number of benzene rings is 1. The summed E-state index contributed by atoms with van der Waals surface area (Å²) >= 11 is 6.10. The van der Waals surface area contributed by atoms with Gasteiger partial charge in [0, 0.05) is 11.1 Å². The van der Waals surface area contributed by atoms with E-state index in [4.69, 9.17) is 16.3 Å². The maximum Gasteiger partial charge on any atom is 0.142 e. The first-order chi connectivity index (χ1) is 9.60. The SMILES string of the molecule is CCOc1ccc(Cl)cc1NC1CCC(C(C)C)CC1. The fourth-order valence-electron chi connectivity index (χ4n) is 3.05. The minimum Gasteiger partial charge on any atom is -0.492 e. The number of hydrogen-bond acceptors (Lipinski definition) is 2. The molecule has 0 radical (unpaired) electrons. The van der Waals surface area contributed by atoms with Gasteiger partial charge in [-0.25, -0.2) is 0 Å². The summed E-state index contributed by atoms with van der Waals surface area (Å²) in [5.74, 6) is 2.60. The summed E-state index contributed by atoms with van der Waals surface area (Å²) in [6, 6.07) is 6.35. The average molecular weight is 296 g/mol. The van der Waals surface area contributed by atoms with Gasteiger partial charge >= 0.3 is 0 Å². The van der Waals surface area contributed by atoms with Gasteiger partial charge in [0.05, 0.1) is 12.3 Å². The molecule has 2 rings (SSSR count). The van der Waals surface area contributed by atoms with Gasteiger partial charge in [0.25, 0.3) is 0 Å². The van der Waals surface area contributed by atoms with Gasteiger partial charge in [-0.2, -0.15) is 0 Å². The Balaban J connectivity index is 1.98. The molecule has 0 aliphatic heterocycles. The molecule has 0 saturated heterocycles. The number of anilines is 1. The fourth-order valence-corrected chi connectivity index (χ4v) is 3.22. The van der Waals surface area contributed by atoms with Crippen molar-refractivity contribution < 1.29 is 4.74 Å². The molecule has 0 bridgehead atoms. The van der Waals surface area contributed by atoms with Crippen LogP contribution in [0.3, 0.4) is 0 Å². The van der Waals surface area contributed by atoms with E-state index in [0.717, 1.165) is 28.3 Å². The second kappa shape index (κ2) is 7.21. The first kappa shape index (κ1) is 15.5. The molecule has 2 nitrogen and oxygen atoms in total. The van der Waals surface area contributed by atoms with Crippen LogP contribution >= 0.6 is 11.6 Å². The van der Waals surface area contributed by atoms with Crippen molar-refractivity contribution in [2.24, 2.45) is 11.8 Å². The van der Waals surface area contributed by atoms with Crippen LogP contribution in [0.15, 0.2) is 18.2 Å². The van der Waals surface area contributed by atoms with Gasteiger partial charge in [-0.05, 0) is 62.6 Å². The minimum absolute atomic E-state index is 0.544. The zero-order valence-electron chi connectivity index (χ0n) is 12.8. The fraction of sp³-hybridized carbons (Fsp3) is 0.647. The van der Waals surface area contributed by atoms with Crippen LogP contribution in [0.4, 0.5) is 5.69 Å². The molecule has 0 unspecified atom stereocenters. The molecule has 20 heavy (non-hydrogen) atoms. The molecular formula is C17H26ClNO. The van der Waals surface area contributed by atoms with E-state index in [0.29, 0.717) is 12.6 Å². The molecule has 112 valence electrons. The zero-order valence-corrected chi connectivity index (χ0v) is 13.5. The van der Waals surface area contributed by atoms with E-state index in [-0.39, 0.29) is 0 Å². The van der Waals surface area contributed by atoms with Crippen molar-refractivity contribution in [3.8, 4) is 5.75 Å². The highest BCUT2D eigenvalue weighted by molar-refractivity contribution is 6.30. The molecule has 3 heteroatoms. The summed E-state index contributed by atoms with van der Waals surface area (Å²) in [6.45, 7) is 7.35. The highest BCUT2D eigenvalue weighted by Gasteiger charge is 2.23. The van der Waals surface area contributed by atoms with Crippen molar-refractivity contribution in [1.29, 1.82) is 0 Å². The highest BCUT2D eigenvalue weighted by atomic mass is 35.5. The van der Waals surface area contributed by atoms with Crippen molar-refractivity contribution in [3.63, 3.8) is 0 Å². The van der Waals surface area contributed by atoms with E-state index in [2.05, 4.69) is 19.2 Å². The van der Waals surface area contributed by atoms with Gasteiger partial charge < -0.3 is 10.1 Å². The number of nitrogens with one attached hydrogen (secondary N) is 1. The Morgan fingerprint density at radius 1 is 1.25 bits per heavy atom. The number of halogens is 1. The standard InChI is InChI=1S/C17H26ClNO/c1-4-20-17-10-7-14(18)11-16(17)19-15-8-5-13(6-9-15)12(2)3/h7,10-13,15,19H,4-6,8-9H2,1-3H3. The molecule has 1 saturated carbocycles. The van der Waals surface area contributed by atoms with Crippen molar-refractivity contribution >= 4 is 17.3 Å². The largest absolute Gasteiger partial charge is 0.492 e. The van der Waals surface area contributed by atoms with E-state index >= 15 is 0 Å². The van der Waals surface area contributed by atoms with Crippen LogP contribution in [0, 0.1) is 11.8 Å². The summed E-state index contributed by atoms with van der Waals surface area (Å²) in [7, 11) is 0. The van der Waals surface area contributed by atoms with Crippen LogP contribution < -0.4 is 10.1 Å². The Morgan fingerprint density at radius 3 is 2.55 bits per heavy atom. The summed E-state index contributed by atoms with van der Waals surface area (Å²) in [5, 5.41) is 4.38. The first-order valence-electron chi connectivity index (χ1n) is 7.79. The molecular weight excluding hydrogens is 270 g/mol. The Hall–Kier alpha value is -0.890. The van der Waals surface area contributed by atoms with E-state index in [9.17, 15) is 0 Å². The maximum atomic E-state index is 6.10. The summed E-state index contributed by atoms with van der Waals surface area (Å²) in [5.41, 5.74) is 1.03. The monoisotopic (exact) mass is 295 g/mol. The topological polar surface area (TPSA) is 21.3 Å². The Labute approximate surface area is 127 Å². The van der Waals surface area contributed by atoms with Gasteiger partial charge in [-0.15, -0.1) is 0 Å². The Kier molecular flexibility index (Phi) is 5.59. The van der Waals surface area contributed by atoms with Gasteiger partial charge in [0.1, 0.15) is 5.75 Å². The number of ether oxygens (including phenoxy) is 1. The average Bonchev–Trinajstić information content (AvgIpc) is 2.42. The smallest absolute Gasteiger partial charge is 0.142 e. The van der Waals surface area contributed by atoms with Gasteiger partial charge in [0.15, 0.2) is 0 Å². The first-order valence-corrected chi connectivity index (χ1v) is 8.16. The molecule has 0 heterocycles. The zero-order chi connectivity index (χ0) is 14.5. The molecule has 0 amide bonds. The molecule has 0 aromatic heterocycles. The normalized spacial score (nSPS) is 22.9. The van der Waals surface area contributed by atoms with Crippen LogP contribution in [-0.2, 0) is 0 Å². The van der Waals surface area contributed by atoms with Crippen LogP contribution in [0.2, 0.25) is 5.02 Å². The Bertz CT molecular complexity index is 425. The van der Waals surface area contributed by atoms with Crippen LogP contribution in [0.5, 0.6) is 5.75 Å². The van der Waals surface area contributed by atoms with E-state index < -0.39 is 0 Å². The summed E-state index contributed by atoms with van der Waals surface area (Å²) in [4.78, 5) is 0. The molecule has 0 atom stereocenters. The lowest BCUT2D eigenvalue weighted by molar-refractivity contribution is 0.266. The molecule has 1 aromatic rings. The van der Waals surface area contributed by atoms with Crippen molar-refractivity contribution in [2.45, 2.75) is 52.5 Å². The lowest BCUT2D eigenvalue weighted by Crippen LogP contribution is -2.28. The molecule has 0 spiro atoms. The van der Waals surface area contributed by atoms with Gasteiger partial charge in [-0.1, -0.05) is 25.4 Å². The summed E-state index contributed by atoms with van der Waals surface area (Å²) < 4.78 is 5.67. The molecule has 1 aromatic carbocycles. The number of rotatable bonds is 5. The van der Waals surface area contributed by atoms with E-state index in [1.165, 1.54) is 25.7 Å².